The average molecular weight is 283 g/mol. The highest BCUT2D eigenvalue weighted by Crippen LogP contribution is 2.20. The van der Waals surface area contributed by atoms with Crippen molar-refractivity contribution >= 4 is 28.8 Å². The summed E-state index contributed by atoms with van der Waals surface area (Å²) in [6, 6.07) is 1.42. The number of fused-ring (bicyclic) bond motifs is 1. The molecule has 0 atom stereocenters. The van der Waals surface area contributed by atoms with Crippen LogP contribution in [0.2, 0.25) is 0 Å². The van der Waals surface area contributed by atoms with E-state index in [2.05, 4.69) is 5.32 Å². The lowest BCUT2D eigenvalue weighted by atomic mass is 10.3. The number of hydrogen-bond acceptors (Lipinski definition) is 6. The molecule has 2 rings (SSSR count). The second-order valence-corrected chi connectivity index (χ2v) is 5.31. The third-order valence-corrected chi connectivity index (χ3v) is 3.54. The number of anilines is 1. The Morgan fingerprint density at radius 3 is 3.00 bits per heavy atom. The number of aryl methyl sites for hydroxylation is 1. The summed E-state index contributed by atoms with van der Waals surface area (Å²) in [7, 11) is 1.69. The molecule has 0 saturated carbocycles. The van der Waals surface area contributed by atoms with Gasteiger partial charge in [0.1, 0.15) is 0 Å². The molecule has 6 heteroatoms. The molecule has 0 radical (unpaired) electrons. The van der Waals surface area contributed by atoms with Gasteiger partial charge in [-0.15, -0.1) is 0 Å². The van der Waals surface area contributed by atoms with Crippen LogP contribution in [0.25, 0.3) is 11.2 Å². The van der Waals surface area contributed by atoms with Crippen molar-refractivity contribution in [2.75, 3.05) is 37.1 Å². The molecule has 0 spiro atoms. The van der Waals surface area contributed by atoms with Crippen molar-refractivity contribution in [2.24, 2.45) is 0 Å². The highest BCUT2D eigenvalue weighted by Gasteiger charge is 2.10. The van der Waals surface area contributed by atoms with E-state index in [1.54, 1.807) is 18.9 Å². The zero-order valence-electron chi connectivity index (χ0n) is 11.0. The van der Waals surface area contributed by atoms with Crippen LogP contribution in [0.3, 0.4) is 0 Å². The second-order valence-electron chi connectivity index (χ2n) is 4.08. The molecular formula is C13H17NO4S. The van der Waals surface area contributed by atoms with E-state index in [9.17, 15) is 4.79 Å². The average Bonchev–Trinajstić information content (AvgIpc) is 2.76. The highest BCUT2D eigenvalue weighted by molar-refractivity contribution is 7.99. The van der Waals surface area contributed by atoms with Crippen LogP contribution < -0.4 is 10.7 Å². The van der Waals surface area contributed by atoms with Gasteiger partial charge < -0.3 is 18.9 Å². The summed E-state index contributed by atoms with van der Waals surface area (Å²) >= 11 is 1.78. The lowest BCUT2D eigenvalue weighted by Gasteiger charge is -2.05. The highest BCUT2D eigenvalue weighted by atomic mass is 32.2. The standard InChI is InChI=1S/C13H17NO4S/c1-9-8-17-13-10(15)7-11(18-12(9)13)14-3-5-19-6-4-16-2/h7-8,14H,3-6H2,1-2H3. The molecule has 2 heterocycles. The minimum absolute atomic E-state index is 0.163. The van der Waals surface area contributed by atoms with Gasteiger partial charge in [0.2, 0.25) is 11.0 Å². The first-order valence-corrected chi connectivity index (χ1v) is 7.20. The van der Waals surface area contributed by atoms with Gasteiger partial charge in [-0.25, -0.2) is 0 Å². The largest absolute Gasteiger partial charge is 0.456 e. The Labute approximate surface area is 115 Å². The van der Waals surface area contributed by atoms with Crippen LogP contribution in [0, 0.1) is 6.92 Å². The molecule has 0 saturated heterocycles. The maximum Gasteiger partial charge on any atom is 0.230 e. The topological polar surface area (TPSA) is 64.6 Å². The van der Waals surface area contributed by atoms with Crippen molar-refractivity contribution in [1.82, 2.24) is 0 Å². The first kappa shape index (κ1) is 14.0. The summed E-state index contributed by atoms with van der Waals surface area (Å²) in [4.78, 5) is 11.8. The van der Waals surface area contributed by atoms with Gasteiger partial charge in [0.25, 0.3) is 0 Å². The Morgan fingerprint density at radius 1 is 1.37 bits per heavy atom. The molecule has 1 N–H and O–H groups in total. The first-order valence-electron chi connectivity index (χ1n) is 6.05. The number of thioether (sulfide) groups is 1. The molecule has 104 valence electrons. The third kappa shape index (κ3) is 3.54. The zero-order valence-corrected chi connectivity index (χ0v) is 11.8. The molecule has 0 unspecified atom stereocenters. The molecule has 0 aliphatic heterocycles. The van der Waals surface area contributed by atoms with Gasteiger partial charge >= 0.3 is 0 Å². The van der Waals surface area contributed by atoms with E-state index in [0.717, 1.165) is 30.2 Å². The van der Waals surface area contributed by atoms with Crippen molar-refractivity contribution in [3.05, 3.63) is 28.1 Å². The van der Waals surface area contributed by atoms with E-state index in [0.29, 0.717) is 11.5 Å². The van der Waals surface area contributed by atoms with Gasteiger partial charge in [-0.05, 0) is 6.92 Å². The van der Waals surface area contributed by atoms with Crippen molar-refractivity contribution in [1.29, 1.82) is 0 Å². The predicted octanol–water partition coefficient (Wildman–Crippen LogP) is 2.49. The number of methoxy groups -OCH3 is 1. The first-order chi connectivity index (χ1) is 9.22. The molecule has 19 heavy (non-hydrogen) atoms. The van der Waals surface area contributed by atoms with Crippen LogP contribution in [-0.2, 0) is 4.74 Å². The third-order valence-electron chi connectivity index (χ3n) is 2.59. The quantitative estimate of drug-likeness (QED) is 0.788. The molecule has 5 nitrogen and oxygen atoms in total. The summed E-state index contributed by atoms with van der Waals surface area (Å²) in [5.41, 5.74) is 1.45. The van der Waals surface area contributed by atoms with E-state index in [1.807, 2.05) is 6.92 Å². The molecule has 0 amide bonds. The van der Waals surface area contributed by atoms with Crippen molar-refractivity contribution in [2.45, 2.75) is 6.92 Å². The number of nitrogens with one attached hydrogen (secondary N) is 1. The van der Waals surface area contributed by atoms with E-state index in [4.69, 9.17) is 13.6 Å². The summed E-state index contributed by atoms with van der Waals surface area (Å²) in [5.74, 6) is 2.37. The molecule has 0 aliphatic rings. The normalized spacial score (nSPS) is 11.1. The van der Waals surface area contributed by atoms with Crippen LogP contribution in [0.1, 0.15) is 5.56 Å². The summed E-state index contributed by atoms with van der Waals surface area (Å²) in [6.45, 7) is 3.33. The molecule has 2 aromatic rings. The molecule has 0 bridgehead atoms. The van der Waals surface area contributed by atoms with E-state index in [1.165, 1.54) is 12.3 Å². The van der Waals surface area contributed by atoms with Gasteiger partial charge in [-0.1, -0.05) is 0 Å². The summed E-state index contributed by atoms with van der Waals surface area (Å²) in [6.07, 6.45) is 1.53. The molecule has 0 aromatic carbocycles. The fourth-order valence-electron chi connectivity index (χ4n) is 1.63. The Balaban J connectivity index is 1.94. The number of furan rings is 1. The fourth-order valence-corrected chi connectivity index (χ4v) is 2.37. The minimum Gasteiger partial charge on any atom is -0.456 e. The van der Waals surface area contributed by atoms with Crippen LogP contribution >= 0.6 is 11.8 Å². The maximum absolute atomic E-state index is 11.8. The molecular weight excluding hydrogens is 266 g/mol. The SMILES string of the molecule is COCCSCCNc1cc(=O)c2occ(C)c2o1. The Kier molecular flexibility index (Phi) is 4.93. The van der Waals surface area contributed by atoms with E-state index in [-0.39, 0.29) is 11.0 Å². The van der Waals surface area contributed by atoms with Gasteiger partial charge in [0, 0.05) is 36.8 Å². The van der Waals surface area contributed by atoms with Gasteiger partial charge in [0.15, 0.2) is 11.5 Å². The zero-order chi connectivity index (χ0) is 13.7. The number of ether oxygens (including phenoxy) is 1. The Hall–Kier alpha value is -1.40. The molecule has 0 aliphatic carbocycles. The van der Waals surface area contributed by atoms with Gasteiger partial charge in [-0.2, -0.15) is 11.8 Å². The van der Waals surface area contributed by atoms with Crippen LogP contribution in [0.5, 0.6) is 0 Å². The Morgan fingerprint density at radius 2 is 2.21 bits per heavy atom. The second kappa shape index (κ2) is 6.68. The lowest BCUT2D eigenvalue weighted by molar-refractivity contribution is 0.218. The Bertz CT molecular complexity index is 590. The summed E-state index contributed by atoms with van der Waals surface area (Å²) in [5, 5.41) is 3.10. The maximum atomic E-state index is 11.8. The van der Waals surface area contributed by atoms with Crippen molar-refractivity contribution in [3.63, 3.8) is 0 Å². The van der Waals surface area contributed by atoms with Crippen LogP contribution in [0.4, 0.5) is 5.88 Å². The lowest BCUT2D eigenvalue weighted by Crippen LogP contribution is -2.08. The molecule has 2 aromatic heterocycles. The smallest absolute Gasteiger partial charge is 0.230 e. The van der Waals surface area contributed by atoms with Gasteiger partial charge in [-0.3, -0.25) is 4.79 Å². The summed E-state index contributed by atoms with van der Waals surface area (Å²) < 4.78 is 15.7. The van der Waals surface area contributed by atoms with Crippen molar-refractivity contribution in [3.8, 4) is 0 Å². The number of hydrogen-bond donors (Lipinski definition) is 1. The van der Waals surface area contributed by atoms with Crippen LogP contribution in [0.15, 0.2) is 26.0 Å². The van der Waals surface area contributed by atoms with Crippen LogP contribution in [-0.4, -0.2) is 31.8 Å². The predicted molar refractivity (Wildman–Crippen MR) is 77.2 cm³/mol. The fraction of sp³-hybridized carbons (Fsp3) is 0.462. The number of rotatable bonds is 7. The monoisotopic (exact) mass is 283 g/mol. The minimum atomic E-state index is -0.163. The van der Waals surface area contributed by atoms with Crippen molar-refractivity contribution < 1.29 is 13.6 Å². The van der Waals surface area contributed by atoms with E-state index >= 15 is 0 Å². The molecule has 0 fully saturated rings. The van der Waals surface area contributed by atoms with E-state index < -0.39 is 0 Å². The van der Waals surface area contributed by atoms with Gasteiger partial charge in [0.05, 0.1) is 12.9 Å².